The zero-order valence-electron chi connectivity index (χ0n) is 33.7. The first kappa shape index (κ1) is 34.1. The fraction of sp³-hybridized carbons (Fsp3) is 0.158. The maximum Gasteiger partial charge on any atom is 0.0887 e. The van der Waals surface area contributed by atoms with Crippen molar-refractivity contribution in [2.24, 2.45) is 0 Å². The van der Waals surface area contributed by atoms with E-state index in [1.807, 2.05) is 0 Å². The minimum Gasteiger partial charge on any atom is -0.0839 e. The van der Waals surface area contributed by atoms with E-state index in [9.17, 15) is 0 Å². The summed E-state index contributed by atoms with van der Waals surface area (Å²) in [6.07, 6.45) is 16.6. The van der Waals surface area contributed by atoms with Gasteiger partial charge in [0, 0.05) is 11.3 Å². The molecule has 1 aliphatic heterocycles. The van der Waals surface area contributed by atoms with Gasteiger partial charge in [0.25, 0.3) is 0 Å². The molecule has 0 radical (unpaired) electrons. The Morgan fingerprint density at radius 1 is 0.552 bits per heavy atom. The normalized spacial score (nSPS) is 19.6. The molecule has 0 nitrogen and oxygen atoms in total. The number of hydrogen-bond acceptors (Lipinski definition) is 0. The molecule has 0 N–H and O–H groups in total. The van der Waals surface area contributed by atoms with Crippen molar-refractivity contribution in [2.75, 3.05) is 0 Å². The Labute approximate surface area is 342 Å². The minimum absolute atomic E-state index is 0.0150. The van der Waals surface area contributed by atoms with E-state index in [1.165, 1.54) is 98.7 Å². The summed E-state index contributed by atoms with van der Waals surface area (Å²) in [4.78, 5) is 0. The zero-order chi connectivity index (χ0) is 38.9. The molecule has 8 aromatic carbocycles. The van der Waals surface area contributed by atoms with Crippen LogP contribution in [0.15, 0.2) is 175 Å². The lowest BCUT2D eigenvalue weighted by molar-refractivity contribution is 0.651. The molecule has 0 bridgehead atoms. The molecule has 0 saturated carbocycles. The first-order valence-corrected chi connectivity index (χ1v) is 24.3. The molecular formula is C57H46Si. The third-order valence-electron chi connectivity index (χ3n) is 14.6. The summed E-state index contributed by atoms with van der Waals surface area (Å²) in [6.45, 7) is 10.0. The van der Waals surface area contributed by atoms with Crippen LogP contribution in [-0.2, 0) is 5.41 Å². The lowest BCUT2D eigenvalue weighted by Gasteiger charge is -2.27. The van der Waals surface area contributed by atoms with Crippen LogP contribution in [0.5, 0.6) is 0 Å². The first-order valence-electron chi connectivity index (χ1n) is 21.2. The van der Waals surface area contributed by atoms with Gasteiger partial charge in [0.2, 0.25) is 0 Å². The van der Waals surface area contributed by atoms with Crippen LogP contribution in [0.1, 0.15) is 49.3 Å². The number of hydrogen-bond donors (Lipinski definition) is 0. The quantitative estimate of drug-likeness (QED) is 0.124. The van der Waals surface area contributed by atoms with E-state index in [2.05, 4.69) is 197 Å². The molecule has 0 aromatic heterocycles. The zero-order valence-corrected chi connectivity index (χ0v) is 34.7. The standard InChI is InChI=1S/C57H46Si/c1-57(2)51-25-11-9-21-41(51)42-29-27-38(32-52(42)57)37-28-30-46-48(31-37)56(45-24-14-18-36-16-6-8-20-40(36)45)50-34-54-47(43-22-10-12-26-53(43)58(54,3)4)33-49(50)55(46)44-23-13-17-35-15-5-7-19-39(35)44/h5-8,10-20,22-34,43,53H,9,21H2,1-4H3. The van der Waals surface area contributed by atoms with Crippen LogP contribution in [0, 0.1) is 0 Å². The Morgan fingerprint density at radius 2 is 1.17 bits per heavy atom. The van der Waals surface area contributed by atoms with Crippen LogP contribution in [0.2, 0.25) is 18.6 Å². The summed E-state index contributed by atoms with van der Waals surface area (Å²) in [7, 11) is -1.87. The average molecular weight is 759 g/mol. The molecule has 12 rings (SSSR count). The summed E-state index contributed by atoms with van der Waals surface area (Å²) in [5.41, 5.74) is 15.9. The van der Waals surface area contributed by atoms with Gasteiger partial charge in [-0.3, -0.25) is 0 Å². The van der Waals surface area contributed by atoms with Gasteiger partial charge >= 0.3 is 0 Å². The van der Waals surface area contributed by atoms with Gasteiger partial charge in [-0.25, -0.2) is 0 Å². The van der Waals surface area contributed by atoms with Crippen molar-refractivity contribution in [3.05, 3.63) is 192 Å². The number of rotatable bonds is 3. The highest BCUT2D eigenvalue weighted by molar-refractivity contribution is 6.93. The van der Waals surface area contributed by atoms with Crippen LogP contribution in [-0.4, -0.2) is 8.07 Å². The summed E-state index contributed by atoms with van der Waals surface area (Å²) >= 11 is 0. The van der Waals surface area contributed by atoms with Gasteiger partial charge in [-0.05, 0) is 141 Å². The van der Waals surface area contributed by atoms with Crippen LogP contribution in [0.4, 0.5) is 0 Å². The predicted molar refractivity (Wildman–Crippen MR) is 253 cm³/mol. The molecule has 0 amide bonds. The van der Waals surface area contributed by atoms with Crippen molar-refractivity contribution >= 4 is 61.9 Å². The van der Waals surface area contributed by atoms with E-state index in [1.54, 1.807) is 10.8 Å². The fourth-order valence-electron chi connectivity index (χ4n) is 11.7. The SMILES string of the molecule is CC1(C)C2=C(CCC=C2)c2ccc(-c3ccc4c(-c5cccc6ccccc56)c5cc6c(cc5c(-c5cccc7ccccc57)c4c3)[Si](C)(C)C3C=CC=CC63)cc21. The Balaban J connectivity index is 1.22. The van der Waals surface area contributed by atoms with Crippen molar-refractivity contribution < 1.29 is 0 Å². The van der Waals surface area contributed by atoms with Crippen molar-refractivity contribution in [3.8, 4) is 33.4 Å². The van der Waals surface area contributed by atoms with Gasteiger partial charge in [0.15, 0.2) is 0 Å². The Hall–Kier alpha value is -6.02. The van der Waals surface area contributed by atoms with E-state index >= 15 is 0 Å². The molecule has 0 fully saturated rings. The smallest absolute Gasteiger partial charge is 0.0839 e. The summed E-state index contributed by atoms with van der Waals surface area (Å²) < 4.78 is 0. The molecule has 2 atom stereocenters. The largest absolute Gasteiger partial charge is 0.0887 e. The minimum atomic E-state index is -1.87. The molecule has 4 aliphatic rings. The Bertz CT molecular complexity index is 3220. The van der Waals surface area contributed by atoms with Gasteiger partial charge < -0.3 is 0 Å². The number of allylic oxidation sites excluding steroid dienone is 8. The highest BCUT2D eigenvalue weighted by atomic mass is 28.3. The van der Waals surface area contributed by atoms with Crippen LogP contribution in [0.25, 0.3) is 82.0 Å². The summed E-state index contributed by atoms with van der Waals surface area (Å²) in [5, 5.41) is 12.1. The molecule has 0 saturated heterocycles. The molecular weight excluding hydrogens is 713 g/mol. The maximum atomic E-state index is 2.68. The third kappa shape index (κ3) is 4.68. The highest BCUT2D eigenvalue weighted by Gasteiger charge is 2.46. The van der Waals surface area contributed by atoms with Gasteiger partial charge in [0.1, 0.15) is 0 Å². The maximum absolute atomic E-state index is 2.68. The number of fused-ring (bicyclic) bond motifs is 9. The molecule has 1 heterocycles. The van der Waals surface area contributed by atoms with E-state index in [0.717, 1.165) is 12.8 Å². The summed E-state index contributed by atoms with van der Waals surface area (Å²) in [5.74, 6) is 0.421. The van der Waals surface area contributed by atoms with Crippen molar-refractivity contribution in [2.45, 2.75) is 56.7 Å². The Morgan fingerprint density at radius 3 is 1.93 bits per heavy atom. The van der Waals surface area contributed by atoms with Crippen LogP contribution in [0.3, 0.4) is 0 Å². The molecule has 278 valence electrons. The van der Waals surface area contributed by atoms with Crippen molar-refractivity contribution in [1.29, 1.82) is 0 Å². The Kier molecular flexibility index (Phi) is 7.19. The van der Waals surface area contributed by atoms with Gasteiger partial charge in [-0.15, -0.1) is 0 Å². The van der Waals surface area contributed by atoms with E-state index in [0.29, 0.717) is 11.5 Å². The monoisotopic (exact) mass is 758 g/mol. The van der Waals surface area contributed by atoms with Gasteiger partial charge in [0.05, 0.1) is 8.07 Å². The molecule has 8 aromatic rings. The van der Waals surface area contributed by atoms with Crippen LogP contribution >= 0.6 is 0 Å². The van der Waals surface area contributed by atoms with Gasteiger partial charge in [-0.1, -0.05) is 184 Å². The number of benzene rings is 8. The fourth-order valence-corrected chi connectivity index (χ4v) is 15.4. The molecule has 1 heteroatoms. The van der Waals surface area contributed by atoms with E-state index in [-0.39, 0.29) is 5.41 Å². The highest BCUT2D eigenvalue weighted by Crippen LogP contribution is 2.54. The second-order valence-corrected chi connectivity index (χ2v) is 23.0. The van der Waals surface area contributed by atoms with Crippen molar-refractivity contribution in [1.82, 2.24) is 0 Å². The molecule has 2 unspecified atom stereocenters. The average Bonchev–Trinajstić information content (AvgIpc) is 3.63. The molecule has 0 spiro atoms. The lowest BCUT2D eigenvalue weighted by atomic mass is 9.79. The van der Waals surface area contributed by atoms with Crippen molar-refractivity contribution in [3.63, 3.8) is 0 Å². The van der Waals surface area contributed by atoms with Gasteiger partial charge in [-0.2, -0.15) is 0 Å². The molecule has 3 aliphatic carbocycles. The van der Waals surface area contributed by atoms with E-state index < -0.39 is 8.07 Å². The second kappa shape index (κ2) is 12.2. The molecule has 58 heavy (non-hydrogen) atoms. The third-order valence-corrected chi connectivity index (χ3v) is 18.7. The lowest BCUT2D eigenvalue weighted by Crippen LogP contribution is -2.41. The van der Waals surface area contributed by atoms with Crippen LogP contribution < -0.4 is 5.19 Å². The second-order valence-electron chi connectivity index (χ2n) is 18.3. The predicted octanol–water partition coefficient (Wildman–Crippen LogP) is 15.2. The van der Waals surface area contributed by atoms with E-state index in [4.69, 9.17) is 0 Å². The summed E-state index contributed by atoms with van der Waals surface area (Å²) in [6, 6.07) is 51.8. The first-order chi connectivity index (χ1) is 28.3. The topological polar surface area (TPSA) is 0 Å².